The Labute approximate surface area is 122 Å². The topological polar surface area (TPSA) is 45.2 Å². The summed E-state index contributed by atoms with van der Waals surface area (Å²) in [5.41, 5.74) is 1.68. The summed E-state index contributed by atoms with van der Waals surface area (Å²) in [6.07, 6.45) is 1.79. The second-order valence-corrected chi connectivity index (χ2v) is 4.96. The number of amides is 1. The smallest absolute Gasteiger partial charge is 0.254 e. The van der Waals surface area contributed by atoms with Crippen molar-refractivity contribution in [2.75, 3.05) is 18.4 Å². The first kappa shape index (κ1) is 16.5. The van der Waals surface area contributed by atoms with Gasteiger partial charge in [0.2, 0.25) is 0 Å². The van der Waals surface area contributed by atoms with Crippen LogP contribution < -0.4 is 5.32 Å². The van der Waals surface area contributed by atoms with Gasteiger partial charge in [-0.1, -0.05) is 13.8 Å². The van der Waals surface area contributed by atoms with Gasteiger partial charge < -0.3 is 10.2 Å². The lowest BCUT2D eigenvalue weighted by Gasteiger charge is -2.27. The van der Waals surface area contributed by atoms with E-state index in [4.69, 9.17) is 0 Å². The lowest BCUT2D eigenvalue weighted by atomic mass is 10.1. The second kappa shape index (κ2) is 7.88. The van der Waals surface area contributed by atoms with Crippen molar-refractivity contribution in [1.82, 2.24) is 9.88 Å². The van der Waals surface area contributed by atoms with Crippen LogP contribution in [0.25, 0.3) is 0 Å². The zero-order valence-corrected chi connectivity index (χ0v) is 13.4. The molecular formula is C16H27N3O. The number of rotatable bonds is 7. The molecule has 0 aromatic carbocycles. The highest BCUT2D eigenvalue weighted by Crippen LogP contribution is 2.16. The highest BCUT2D eigenvalue weighted by atomic mass is 16.2. The number of hydrogen-bond acceptors (Lipinski definition) is 3. The molecule has 0 aliphatic carbocycles. The average Bonchev–Trinajstić information content (AvgIpc) is 2.47. The van der Waals surface area contributed by atoms with Crippen molar-refractivity contribution in [3.8, 4) is 0 Å². The normalized spacial score (nSPS) is 12.1. The number of carbonyl (C=O) groups is 1. The van der Waals surface area contributed by atoms with Crippen LogP contribution >= 0.6 is 0 Å². The SMILES string of the molecule is CCNc1cc(C(=O)N(CC)C(C)CC)cc(CC)n1. The Hall–Kier alpha value is -1.58. The molecule has 4 heteroatoms. The quantitative estimate of drug-likeness (QED) is 0.831. The van der Waals surface area contributed by atoms with E-state index >= 15 is 0 Å². The van der Waals surface area contributed by atoms with Gasteiger partial charge in [0.1, 0.15) is 5.82 Å². The fourth-order valence-corrected chi connectivity index (χ4v) is 2.21. The highest BCUT2D eigenvalue weighted by molar-refractivity contribution is 5.95. The van der Waals surface area contributed by atoms with E-state index in [1.54, 1.807) is 0 Å². The first-order chi connectivity index (χ1) is 9.57. The minimum absolute atomic E-state index is 0.0955. The van der Waals surface area contributed by atoms with Gasteiger partial charge in [0, 0.05) is 30.4 Å². The average molecular weight is 277 g/mol. The number of nitrogens with one attached hydrogen (secondary N) is 1. The van der Waals surface area contributed by atoms with Crippen LogP contribution in [0, 0.1) is 0 Å². The van der Waals surface area contributed by atoms with Gasteiger partial charge in [0.15, 0.2) is 0 Å². The summed E-state index contributed by atoms with van der Waals surface area (Å²) in [5.74, 6) is 0.883. The lowest BCUT2D eigenvalue weighted by Crippen LogP contribution is -2.38. The van der Waals surface area contributed by atoms with E-state index in [-0.39, 0.29) is 11.9 Å². The Kier molecular flexibility index (Phi) is 6.49. The number of nitrogens with zero attached hydrogens (tertiary/aromatic N) is 2. The van der Waals surface area contributed by atoms with E-state index in [1.807, 2.05) is 30.9 Å². The third-order valence-corrected chi connectivity index (χ3v) is 3.57. The fourth-order valence-electron chi connectivity index (χ4n) is 2.21. The number of carbonyl (C=O) groups excluding carboxylic acids is 1. The standard InChI is InChI=1S/C16H27N3O/c1-6-12(5)19(9-4)16(20)13-10-14(7-2)18-15(11-13)17-8-3/h10-12H,6-9H2,1-5H3,(H,17,18). The van der Waals surface area contributed by atoms with Crippen LogP contribution in [0.4, 0.5) is 5.82 Å². The molecule has 0 aliphatic rings. The zero-order chi connectivity index (χ0) is 15.1. The van der Waals surface area contributed by atoms with Crippen LogP contribution in [0.2, 0.25) is 0 Å². The molecule has 1 heterocycles. The van der Waals surface area contributed by atoms with Gasteiger partial charge in [-0.2, -0.15) is 0 Å². The number of hydrogen-bond donors (Lipinski definition) is 1. The molecule has 4 nitrogen and oxygen atoms in total. The van der Waals surface area contributed by atoms with Crippen molar-refractivity contribution in [1.29, 1.82) is 0 Å². The molecule has 112 valence electrons. The van der Waals surface area contributed by atoms with Crippen molar-refractivity contribution in [2.24, 2.45) is 0 Å². The highest BCUT2D eigenvalue weighted by Gasteiger charge is 2.19. The molecule has 1 rings (SSSR count). The van der Waals surface area contributed by atoms with E-state index in [0.717, 1.165) is 43.0 Å². The van der Waals surface area contributed by atoms with Crippen LogP contribution in [0.15, 0.2) is 12.1 Å². The maximum atomic E-state index is 12.7. The van der Waals surface area contributed by atoms with Crippen LogP contribution in [-0.4, -0.2) is 34.9 Å². The van der Waals surface area contributed by atoms with Crippen LogP contribution in [0.5, 0.6) is 0 Å². The molecule has 1 aromatic heterocycles. The Morgan fingerprint density at radius 3 is 2.50 bits per heavy atom. The third-order valence-electron chi connectivity index (χ3n) is 3.57. The van der Waals surface area contributed by atoms with Crippen molar-refractivity contribution in [3.63, 3.8) is 0 Å². The summed E-state index contributed by atoms with van der Waals surface area (Å²) in [5, 5.41) is 3.20. The van der Waals surface area contributed by atoms with E-state index in [2.05, 4.69) is 31.1 Å². The maximum absolute atomic E-state index is 12.7. The van der Waals surface area contributed by atoms with Crippen molar-refractivity contribution >= 4 is 11.7 Å². The molecule has 0 radical (unpaired) electrons. The summed E-state index contributed by atoms with van der Waals surface area (Å²) in [6, 6.07) is 4.03. The molecule has 0 spiro atoms. The number of pyridine rings is 1. The van der Waals surface area contributed by atoms with Crippen molar-refractivity contribution in [2.45, 2.75) is 53.5 Å². The molecule has 1 amide bonds. The van der Waals surface area contributed by atoms with Gasteiger partial charge in [-0.25, -0.2) is 4.98 Å². The van der Waals surface area contributed by atoms with Crippen molar-refractivity contribution in [3.05, 3.63) is 23.4 Å². The predicted molar refractivity (Wildman–Crippen MR) is 84.2 cm³/mol. The molecule has 0 saturated carbocycles. The predicted octanol–water partition coefficient (Wildman–Crippen LogP) is 3.34. The Balaban J connectivity index is 3.09. The van der Waals surface area contributed by atoms with E-state index in [0.29, 0.717) is 0 Å². The van der Waals surface area contributed by atoms with E-state index in [9.17, 15) is 4.79 Å². The fraction of sp³-hybridized carbons (Fsp3) is 0.625. The monoisotopic (exact) mass is 277 g/mol. The van der Waals surface area contributed by atoms with Gasteiger partial charge in [0.05, 0.1) is 0 Å². The molecule has 1 aromatic rings. The van der Waals surface area contributed by atoms with Gasteiger partial charge in [0.25, 0.3) is 5.91 Å². The van der Waals surface area contributed by atoms with Gasteiger partial charge >= 0.3 is 0 Å². The van der Waals surface area contributed by atoms with Crippen LogP contribution in [-0.2, 0) is 6.42 Å². The molecule has 1 atom stereocenters. The molecule has 0 saturated heterocycles. The summed E-state index contributed by atoms with van der Waals surface area (Å²) >= 11 is 0. The first-order valence-electron chi connectivity index (χ1n) is 7.63. The molecule has 1 N–H and O–H groups in total. The molecule has 1 unspecified atom stereocenters. The molecule has 0 fully saturated rings. The Morgan fingerprint density at radius 1 is 1.30 bits per heavy atom. The van der Waals surface area contributed by atoms with Gasteiger partial charge in [-0.05, 0) is 45.7 Å². The number of aromatic nitrogens is 1. The minimum Gasteiger partial charge on any atom is -0.370 e. The summed E-state index contributed by atoms with van der Waals surface area (Å²) in [6.45, 7) is 11.8. The maximum Gasteiger partial charge on any atom is 0.254 e. The summed E-state index contributed by atoms with van der Waals surface area (Å²) in [7, 11) is 0. The molecule has 0 aliphatic heterocycles. The Bertz CT molecular complexity index is 445. The second-order valence-electron chi connectivity index (χ2n) is 4.96. The van der Waals surface area contributed by atoms with Crippen LogP contribution in [0.1, 0.15) is 57.1 Å². The largest absolute Gasteiger partial charge is 0.370 e. The summed E-state index contributed by atoms with van der Waals surface area (Å²) in [4.78, 5) is 19.1. The van der Waals surface area contributed by atoms with Gasteiger partial charge in [-0.3, -0.25) is 4.79 Å². The number of anilines is 1. The molecular weight excluding hydrogens is 250 g/mol. The zero-order valence-electron chi connectivity index (χ0n) is 13.4. The van der Waals surface area contributed by atoms with Crippen LogP contribution in [0.3, 0.4) is 0 Å². The number of aryl methyl sites for hydroxylation is 1. The van der Waals surface area contributed by atoms with E-state index in [1.165, 1.54) is 0 Å². The minimum atomic E-state index is 0.0955. The third kappa shape index (κ3) is 3.95. The van der Waals surface area contributed by atoms with Crippen molar-refractivity contribution < 1.29 is 4.79 Å². The first-order valence-corrected chi connectivity index (χ1v) is 7.63. The molecule has 20 heavy (non-hydrogen) atoms. The summed E-state index contributed by atoms with van der Waals surface area (Å²) < 4.78 is 0. The lowest BCUT2D eigenvalue weighted by molar-refractivity contribution is 0.0700. The van der Waals surface area contributed by atoms with Gasteiger partial charge in [-0.15, -0.1) is 0 Å². The van der Waals surface area contributed by atoms with E-state index < -0.39 is 0 Å². The molecule has 0 bridgehead atoms. The Morgan fingerprint density at radius 2 is 2.00 bits per heavy atom.